The Morgan fingerprint density at radius 1 is 1.12 bits per heavy atom. The molecule has 10 heteroatoms. The highest BCUT2D eigenvalue weighted by molar-refractivity contribution is 5.96. The molecule has 4 rings (SSSR count). The van der Waals surface area contributed by atoms with Crippen molar-refractivity contribution in [2.24, 2.45) is 14.1 Å². The van der Waals surface area contributed by atoms with Crippen LogP contribution in [0.15, 0.2) is 40.2 Å². The van der Waals surface area contributed by atoms with Gasteiger partial charge in [-0.1, -0.05) is 12.1 Å². The number of aromatic nitrogens is 4. The van der Waals surface area contributed by atoms with Crippen LogP contribution in [-0.2, 0) is 20.6 Å². The zero-order valence-corrected chi connectivity index (χ0v) is 18.3. The monoisotopic (exact) mass is 440 g/mol. The van der Waals surface area contributed by atoms with Crippen molar-refractivity contribution in [2.45, 2.75) is 31.8 Å². The van der Waals surface area contributed by atoms with Crippen LogP contribution in [-0.4, -0.2) is 60.3 Å². The second kappa shape index (κ2) is 8.99. The molecule has 0 saturated carbocycles. The third kappa shape index (κ3) is 4.18. The van der Waals surface area contributed by atoms with Crippen LogP contribution in [0.5, 0.6) is 5.75 Å². The fourth-order valence-electron chi connectivity index (χ4n) is 4.26. The Bertz CT molecular complexity index is 1250. The molecule has 2 aromatic heterocycles. The number of carbonyl (C=O) groups excluding carboxylic acids is 1. The second-order valence-corrected chi connectivity index (χ2v) is 8.28. The molecular formula is C22H28N6O4. The van der Waals surface area contributed by atoms with Crippen molar-refractivity contribution in [3.63, 3.8) is 0 Å². The summed E-state index contributed by atoms with van der Waals surface area (Å²) < 4.78 is 4.31. The number of fused-ring (bicyclic) bond motifs is 1. The summed E-state index contributed by atoms with van der Waals surface area (Å²) in [6.07, 6.45) is 4.14. The number of para-hydroxylation sites is 1. The van der Waals surface area contributed by atoms with Gasteiger partial charge in [-0.05, 0) is 37.9 Å². The van der Waals surface area contributed by atoms with Gasteiger partial charge in [0.05, 0.1) is 11.9 Å². The highest BCUT2D eigenvalue weighted by Gasteiger charge is 2.22. The van der Waals surface area contributed by atoms with Crippen LogP contribution in [0, 0.1) is 0 Å². The van der Waals surface area contributed by atoms with Crippen LogP contribution in [0.4, 0.5) is 0 Å². The minimum atomic E-state index is -0.384. The van der Waals surface area contributed by atoms with Crippen LogP contribution in [0.3, 0.4) is 0 Å². The van der Waals surface area contributed by atoms with Crippen LogP contribution in [0.25, 0.3) is 11.2 Å². The number of aryl methyl sites for hydroxylation is 2. The number of benzene rings is 1. The number of nitrogens with one attached hydrogen (secondary N) is 1. The Morgan fingerprint density at radius 3 is 2.56 bits per heavy atom. The van der Waals surface area contributed by atoms with E-state index in [2.05, 4.69) is 15.2 Å². The van der Waals surface area contributed by atoms with Crippen LogP contribution < -0.4 is 16.6 Å². The molecule has 0 unspecified atom stereocenters. The number of hydrogen-bond acceptors (Lipinski definition) is 6. The van der Waals surface area contributed by atoms with Gasteiger partial charge >= 0.3 is 5.69 Å². The second-order valence-electron chi connectivity index (χ2n) is 8.28. The summed E-state index contributed by atoms with van der Waals surface area (Å²) in [4.78, 5) is 43.6. The quantitative estimate of drug-likeness (QED) is 0.574. The largest absolute Gasteiger partial charge is 0.507 e. The molecule has 1 amide bonds. The van der Waals surface area contributed by atoms with E-state index in [0.717, 1.165) is 43.5 Å². The van der Waals surface area contributed by atoms with Gasteiger partial charge in [-0.25, -0.2) is 9.78 Å². The van der Waals surface area contributed by atoms with E-state index in [1.54, 1.807) is 31.6 Å². The number of rotatable bonds is 6. The number of likely N-dealkylation sites (tertiary alicyclic amines) is 1. The molecule has 32 heavy (non-hydrogen) atoms. The standard InChI is InChI=1S/C22H28N6O4/c1-25-19-18(21(31)26(2)22(25)32)28(14-23-19)11-5-10-27-12-8-15(9-13-27)24-20(30)16-6-3-4-7-17(16)29/h3-4,6-7,14-15,29H,5,8-13H2,1-2H3,(H,24,30). The van der Waals surface area contributed by atoms with E-state index in [1.807, 2.05) is 4.57 Å². The molecule has 0 bridgehead atoms. The maximum Gasteiger partial charge on any atom is 0.332 e. The van der Waals surface area contributed by atoms with E-state index in [9.17, 15) is 19.5 Å². The van der Waals surface area contributed by atoms with Gasteiger partial charge < -0.3 is 19.9 Å². The Kier molecular flexibility index (Phi) is 6.13. The molecule has 2 N–H and O–H groups in total. The molecule has 1 aliphatic rings. The normalized spacial score (nSPS) is 15.3. The van der Waals surface area contributed by atoms with E-state index in [4.69, 9.17) is 0 Å². The van der Waals surface area contributed by atoms with Crippen molar-refractivity contribution >= 4 is 17.1 Å². The van der Waals surface area contributed by atoms with Crippen LogP contribution >= 0.6 is 0 Å². The Labute approximate surface area is 184 Å². The smallest absolute Gasteiger partial charge is 0.332 e. The molecule has 0 atom stereocenters. The Hall–Kier alpha value is -3.40. The summed E-state index contributed by atoms with van der Waals surface area (Å²) in [6, 6.07) is 6.63. The Morgan fingerprint density at radius 2 is 1.84 bits per heavy atom. The average molecular weight is 441 g/mol. The predicted octanol–water partition coefficient (Wildman–Crippen LogP) is 0.424. The third-order valence-electron chi connectivity index (χ3n) is 6.16. The van der Waals surface area contributed by atoms with Gasteiger partial charge in [-0.3, -0.25) is 18.7 Å². The topological polar surface area (TPSA) is 114 Å². The number of carbonyl (C=O) groups is 1. The van der Waals surface area contributed by atoms with Crippen LogP contribution in [0.2, 0.25) is 0 Å². The third-order valence-corrected chi connectivity index (χ3v) is 6.16. The van der Waals surface area contributed by atoms with E-state index < -0.39 is 0 Å². The SMILES string of the molecule is Cn1c(=O)c2c(ncn2CCCN2CCC(NC(=O)c3ccccc3O)CC2)n(C)c1=O. The summed E-state index contributed by atoms with van der Waals surface area (Å²) >= 11 is 0. The number of phenols is 1. The zero-order valence-electron chi connectivity index (χ0n) is 18.3. The molecule has 1 saturated heterocycles. The van der Waals surface area contributed by atoms with Crippen molar-refractivity contribution in [3.8, 4) is 5.75 Å². The molecule has 0 spiro atoms. The minimum Gasteiger partial charge on any atom is -0.507 e. The van der Waals surface area contributed by atoms with Gasteiger partial charge in [-0.2, -0.15) is 0 Å². The summed E-state index contributed by atoms with van der Waals surface area (Å²) in [5.74, 6) is -0.256. The van der Waals surface area contributed by atoms with E-state index >= 15 is 0 Å². The molecule has 0 radical (unpaired) electrons. The lowest BCUT2D eigenvalue weighted by molar-refractivity contribution is 0.0908. The summed E-state index contributed by atoms with van der Waals surface area (Å²) in [6.45, 7) is 3.24. The van der Waals surface area contributed by atoms with Crippen molar-refractivity contribution in [3.05, 3.63) is 57.0 Å². The van der Waals surface area contributed by atoms with Crippen molar-refractivity contribution in [1.82, 2.24) is 28.9 Å². The van der Waals surface area contributed by atoms with Gasteiger partial charge in [0.1, 0.15) is 5.75 Å². The number of nitrogens with zero attached hydrogens (tertiary/aromatic N) is 5. The van der Waals surface area contributed by atoms with Gasteiger partial charge in [0.25, 0.3) is 11.5 Å². The maximum absolute atomic E-state index is 12.5. The lowest BCUT2D eigenvalue weighted by Crippen LogP contribution is -2.45. The Balaban J connectivity index is 1.29. The van der Waals surface area contributed by atoms with E-state index in [-0.39, 0.29) is 28.9 Å². The highest BCUT2D eigenvalue weighted by atomic mass is 16.3. The van der Waals surface area contributed by atoms with E-state index in [1.165, 1.54) is 17.7 Å². The summed E-state index contributed by atoms with van der Waals surface area (Å²) in [7, 11) is 3.09. The molecule has 1 aliphatic heterocycles. The zero-order chi connectivity index (χ0) is 22.8. The lowest BCUT2D eigenvalue weighted by atomic mass is 10.0. The molecule has 3 heterocycles. The number of piperidine rings is 1. The summed E-state index contributed by atoms with van der Waals surface area (Å²) in [5.41, 5.74) is 0.428. The molecule has 10 nitrogen and oxygen atoms in total. The van der Waals surface area contributed by atoms with Gasteiger partial charge in [-0.15, -0.1) is 0 Å². The molecule has 1 aromatic carbocycles. The van der Waals surface area contributed by atoms with Gasteiger partial charge in [0, 0.05) is 39.8 Å². The van der Waals surface area contributed by atoms with Gasteiger partial charge in [0.15, 0.2) is 11.2 Å². The highest BCUT2D eigenvalue weighted by Crippen LogP contribution is 2.17. The molecule has 3 aromatic rings. The van der Waals surface area contributed by atoms with Crippen LogP contribution in [0.1, 0.15) is 29.6 Å². The summed E-state index contributed by atoms with van der Waals surface area (Å²) in [5, 5.41) is 12.9. The number of hydrogen-bond donors (Lipinski definition) is 2. The predicted molar refractivity (Wildman–Crippen MR) is 120 cm³/mol. The maximum atomic E-state index is 12.5. The molecule has 0 aliphatic carbocycles. The van der Waals surface area contributed by atoms with Crippen molar-refractivity contribution < 1.29 is 9.90 Å². The molecular weight excluding hydrogens is 412 g/mol. The lowest BCUT2D eigenvalue weighted by Gasteiger charge is -2.32. The minimum absolute atomic E-state index is 0.00985. The fourth-order valence-corrected chi connectivity index (χ4v) is 4.26. The molecule has 170 valence electrons. The van der Waals surface area contributed by atoms with Crippen molar-refractivity contribution in [2.75, 3.05) is 19.6 Å². The first-order valence-electron chi connectivity index (χ1n) is 10.8. The van der Waals surface area contributed by atoms with Crippen molar-refractivity contribution in [1.29, 1.82) is 0 Å². The number of phenolic OH excluding ortho intramolecular Hbond substituents is 1. The first-order chi connectivity index (χ1) is 15.4. The first kappa shape index (κ1) is 21.8. The first-order valence-corrected chi connectivity index (χ1v) is 10.8. The van der Waals surface area contributed by atoms with Gasteiger partial charge in [0.2, 0.25) is 0 Å². The number of imidazole rings is 1. The number of aromatic hydroxyl groups is 1. The number of amides is 1. The molecule has 1 fully saturated rings. The fraction of sp³-hybridized carbons (Fsp3) is 0.455. The average Bonchev–Trinajstić information content (AvgIpc) is 3.22. The van der Waals surface area contributed by atoms with E-state index in [0.29, 0.717) is 23.3 Å².